The molecule has 15 heavy (non-hydrogen) atoms. The van der Waals surface area contributed by atoms with Crippen LogP contribution in [0.25, 0.3) is 15.7 Å². The summed E-state index contributed by atoms with van der Waals surface area (Å²) < 4.78 is 14.4. The van der Waals surface area contributed by atoms with Crippen molar-refractivity contribution in [3.05, 3.63) is 40.5 Å². The van der Waals surface area contributed by atoms with E-state index >= 15 is 0 Å². The number of thiophene rings is 1. The molecule has 0 saturated carbocycles. The lowest BCUT2D eigenvalue weighted by atomic mass is 10.0. The predicted octanol–water partition coefficient (Wildman–Crippen LogP) is 4.69. The molecule has 0 aliphatic heterocycles. The fourth-order valence-electron chi connectivity index (χ4n) is 1.92. The van der Waals surface area contributed by atoms with Gasteiger partial charge in [-0.15, -0.1) is 11.3 Å². The normalized spacial score (nSPS) is 10.9. The van der Waals surface area contributed by atoms with Crippen molar-refractivity contribution in [1.82, 2.24) is 0 Å². The van der Waals surface area contributed by atoms with Crippen molar-refractivity contribution in [2.24, 2.45) is 0 Å². The van der Waals surface area contributed by atoms with Gasteiger partial charge < -0.3 is 0 Å². The van der Waals surface area contributed by atoms with Crippen LogP contribution in [0.2, 0.25) is 0 Å². The van der Waals surface area contributed by atoms with Crippen LogP contribution in [-0.4, -0.2) is 0 Å². The SMILES string of the molecule is C=C(C)c1sc2c(F)ccc(C)c2c1C. The Morgan fingerprint density at radius 3 is 2.53 bits per heavy atom. The van der Waals surface area contributed by atoms with Gasteiger partial charge in [0.15, 0.2) is 0 Å². The van der Waals surface area contributed by atoms with Crippen molar-refractivity contribution in [2.45, 2.75) is 20.8 Å². The molecule has 2 aromatic rings. The minimum atomic E-state index is -0.129. The van der Waals surface area contributed by atoms with Crippen LogP contribution in [0.15, 0.2) is 18.7 Å². The average molecular weight is 220 g/mol. The summed E-state index contributed by atoms with van der Waals surface area (Å²) in [5.74, 6) is -0.129. The first-order chi connectivity index (χ1) is 7.02. The highest BCUT2D eigenvalue weighted by Gasteiger charge is 2.13. The van der Waals surface area contributed by atoms with E-state index in [2.05, 4.69) is 6.58 Å². The van der Waals surface area contributed by atoms with Gasteiger partial charge in [0.25, 0.3) is 0 Å². The minimum Gasteiger partial charge on any atom is -0.205 e. The van der Waals surface area contributed by atoms with Crippen LogP contribution in [0, 0.1) is 19.7 Å². The Labute approximate surface area is 93.1 Å². The highest BCUT2D eigenvalue weighted by Crippen LogP contribution is 2.37. The Kier molecular flexibility index (Phi) is 2.39. The number of allylic oxidation sites excluding steroid dienone is 1. The van der Waals surface area contributed by atoms with Gasteiger partial charge in [-0.1, -0.05) is 12.6 Å². The van der Waals surface area contributed by atoms with E-state index in [0.717, 1.165) is 31.7 Å². The number of hydrogen-bond acceptors (Lipinski definition) is 1. The number of fused-ring (bicyclic) bond motifs is 1. The summed E-state index contributed by atoms with van der Waals surface area (Å²) in [6.45, 7) is 9.95. The van der Waals surface area contributed by atoms with Gasteiger partial charge in [0.2, 0.25) is 0 Å². The third kappa shape index (κ3) is 1.49. The first-order valence-electron chi connectivity index (χ1n) is 4.86. The van der Waals surface area contributed by atoms with E-state index in [1.165, 1.54) is 17.4 Å². The molecular weight excluding hydrogens is 207 g/mol. The number of hydrogen-bond donors (Lipinski definition) is 0. The molecule has 1 aromatic carbocycles. The fourth-order valence-corrected chi connectivity index (χ4v) is 3.14. The molecule has 0 bridgehead atoms. The highest BCUT2D eigenvalue weighted by molar-refractivity contribution is 7.20. The molecule has 1 aromatic heterocycles. The van der Waals surface area contributed by atoms with Crippen molar-refractivity contribution in [1.29, 1.82) is 0 Å². The first kappa shape index (κ1) is 10.4. The lowest BCUT2D eigenvalue weighted by Gasteiger charge is -1.99. The van der Waals surface area contributed by atoms with Crippen LogP contribution < -0.4 is 0 Å². The maximum absolute atomic E-state index is 13.6. The average Bonchev–Trinajstić information content (AvgIpc) is 2.51. The van der Waals surface area contributed by atoms with Crippen LogP contribution in [0.5, 0.6) is 0 Å². The summed E-state index contributed by atoms with van der Waals surface area (Å²) in [5.41, 5.74) is 3.29. The number of benzene rings is 1. The largest absolute Gasteiger partial charge is 0.205 e. The molecule has 0 atom stereocenters. The maximum Gasteiger partial charge on any atom is 0.141 e. The van der Waals surface area contributed by atoms with Gasteiger partial charge in [0.1, 0.15) is 5.82 Å². The standard InChI is InChI=1S/C13H13FS/c1-7(2)12-9(4)11-8(3)5-6-10(14)13(11)15-12/h5-6H,1H2,2-4H3. The summed E-state index contributed by atoms with van der Waals surface area (Å²) >= 11 is 1.50. The highest BCUT2D eigenvalue weighted by atomic mass is 32.1. The van der Waals surface area contributed by atoms with Crippen LogP contribution in [0.3, 0.4) is 0 Å². The Balaban J connectivity index is 2.93. The molecular formula is C13H13FS. The Bertz CT molecular complexity index is 549. The van der Waals surface area contributed by atoms with Crippen LogP contribution in [-0.2, 0) is 0 Å². The zero-order valence-corrected chi connectivity index (χ0v) is 9.96. The van der Waals surface area contributed by atoms with Gasteiger partial charge >= 0.3 is 0 Å². The zero-order valence-electron chi connectivity index (χ0n) is 9.15. The summed E-state index contributed by atoms with van der Waals surface area (Å²) in [6, 6.07) is 3.37. The van der Waals surface area contributed by atoms with Gasteiger partial charge in [0, 0.05) is 10.3 Å². The molecule has 0 fully saturated rings. The molecule has 0 amide bonds. The second-order valence-corrected chi connectivity index (χ2v) is 4.93. The van der Waals surface area contributed by atoms with Gasteiger partial charge in [-0.25, -0.2) is 4.39 Å². The van der Waals surface area contributed by atoms with Crippen molar-refractivity contribution in [3.8, 4) is 0 Å². The summed E-state index contributed by atoms with van der Waals surface area (Å²) in [4.78, 5) is 1.11. The molecule has 1 heterocycles. The molecule has 0 nitrogen and oxygen atoms in total. The van der Waals surface area contributed by atoms with Crippen molar-refractivity contribution >= 4 is 27.0 Å². The molecule has 2 heteroatoms. The summed E-state index contributed by atoms with van der Waals surface area (Å²) in [6.07, 6.45) is 0. The lowest BCUT2D eigenvalue weighted by molar-refractivity contribution is 0.641. The third-order valence-electron chi connectivity index (χ3n) is 2.63. The van der Waals surface area contributed by atoms with E-state index in [4.69, 9.17) is 0 Å². The quantitative estimate of drug-likeness (QED) is 0.654. The van der Waals surface area contributed by atoms with Crippen LogP contribution in [0.4, 0.5) is 4.39 Å². The maximum atomic E-state index is 13.6. The molecule has 2 rings (SSSR count). The first-order valence-corrected chi connectivity index (χ1v) is 5.68. The van der Waals surface area contributed by atoms with Gasteiger partial charge in [0.05, 0.1) is 4.70 Å². The Hall–Kier alpha value is -1.15. The fraction of sp³-hybridized carbons (Fsp3) is 0.231. The van der Waals surface area contributed by atoms with Crippen molar-refractivity contribution in [3.63, 3.8) is 0 Å². The predicted molar refractivity (Wildman–Crippen MR) is 66.0 cm³/mol. The Morgan fingerprint density at radius 1 is 1.33 bits per heavy atom. The molecule has 0 N–H and O–H groups in total. The number of aryl methyl sites for hydroxylation is 2. The monoisotopic (exact) mass is 220 g/mol. The van der Waals surface area contributed by atoms with E-state index in [1.54, 1.807) is 0 Å². The molecule has 0 saturated heterocycles. The third-order valence-corrected chi connectivity index (χ3v) is 4.09. The van der Waals surface area contributed by atoms with E-state index in [9.17, 15) is 4.39 Å². The van der Waals surface area contributed by atoms with E-state index < -0.39 is 0 Å². The van der Waals surface area contributed by atoms with E-state index in [1.807, 2.05) is 26.8 Å². The molecule has 0 radical (unpaired) electrons. The van der Waals surface area contributed by atoms with E-state index in [-0.39, 0.29) is 5.82 Å². The second-order valence-electron chi connectivity index (χ2n) is 3.90. The lowest BCUT2D eigenvalue weighted by Crippen LogP contribution is -1.81. The minimum absolute atomic E-state index is 0.129. The molecule has 0 aliphatic rings. The molecule has 0 aliphatic carbocycles. The zero-order chi connectivity index (χ0) is 11.2. The molecule has 0 unspecified atom stereocenters. The van der Waals surface area contributed by atoms with Gasteiger partial charge in [-0.3, -0.25) is 0 Å². The number of halogens is 1. The van der Waals surface area contributed by atoms with Crippen molar-refractivity contribution < 1.29 is 4.39 Å². The van der Waals surface area contributed by atoms with Crippen molar-refractivity contribution in [2.75, 3.05) is 0 Å². The second kappa shape index (κ2) is 3.46. The van der Waals surface area contributed by atoms with Crippen LogP contribution in [0.1, 0.15) is 22.9 Å². The summed E-state index contributed by atoms with van der Waals surface area (Å²) in [5, 5.41) is 1.05. The topological polar surface area (TPSA) is 0 Å². The van der Waals surface area contributed by atoms with Gasteiger partial charge in [-0.05, 0) is 43.5 Å². The van der Waals surface area contributed by atoms with Crippen LogP contribution >= 0.6 is 11.3 Å². The molecule has 0 spiro atoms. The number of rotatable bonds is 1. The van der Waals surface area contributed by atoms with E-state index in [0.29, 0.717) is 0 Å². The van der Waals surface area contributed by atoms with Gasteiger partial charge in [-0.2, -0.15) is 0 Å². The molecule has 78 valence electrons. The smallest absolute Gasteiger partial charge is 0.141 e. The Morgan fingerprint density at radius 2 is 2.00 bits per heavy atom. The summed E-state index contributed by atoms with van der Waals surface area (Å²) in [7, 11) is 0.